The normalized spacial score (nSPS) is 16.9. The number of amides is 2. The van der Waals surface area contributed by atoms with Gasteiger partial charge >= 0.3 is 0 Å². The Kier molecular flexibility index (Phi) is 6.37. The number of piperidine rings is 1. The Morgan fingerprint density at radius 3 is 2.32 bits per heavy atom. The molecule has 0 bridgehead atoms. The van der Waals surface area contributed by atoms with Gasteiger partial charge in [0.1, 0.15) is 0 Å². The van der Waals surface area contributed by atoms with Crippen molar-refractivity contribution < 1.29 is 9.59 Å². The molecule has 1 aliphatic rings. The number of carbonyl (C=O) groups excluding carboxylic acids is 2. The van der Waals surface area contributed by atoms with Gasteiger partial charge in [0.25, 0.3) is 0 Å². The molecule has 0 saturated carbocycles. The van der Waals surface area contributed by atoms with Crippen molar-refractivity contribution in [2.75, 3.05) is 19.6 Å². The van der Waals surface area contributed by atoms with Crippen molar-refractivity contribution in [2.24, 2.45) is 5.73 Å². The summed E-state index contributed by atoms with van der Waals surface area (Å²) in [7, 11) is 0. The van der Waals surface area contributed by atoms with Gasteiger partial charge in [-0.25, -0.2) is 0 Å². The summed E-state index contributed by atoms with van der Waals surface area (Å²) in [4.78, 5) is 25.0. The second kappa shape index (κ2) is 8.30. The number of nitrogens with one attached hydrogen (secondary N) is 1. The van der Waals surface area contributed by atoms with Gasteiger partial charge in [0, 0.05) is 25.2 Å². The Morgan fingerprint density at radius 2 is 1.80 bits per heavy atom. The number of nitrogens with two attached hydrogens (primary N) is 1. The molecule has 1 aromatic carbocycles. The van der Waals surface area contributed by atoms with Gasteiger partial charge in [0.05, 0.1) is 6.54 Å². The second-order valence-electron chi connectivity index (χ2n) is 7.73. The van der Waals surface area contributed by atoms with Gasteiger partial charge in [-0.2, -0.15) is 0 Å². The van der Waals surface area contributed by atoms with Crippen molar-refractivity contribution in [3.63, 3.8) is 0 Å². The Morgan fingerprint density at radius 1 is 1.20 bits per heavy atom. The second-order valence-corrected chi connectivity index (χ2v) is 7.73. The first-order chi connectivity index (χ1) is 11.7. The minimum atomic E-state index is -0.303. The lowest BCUT2D eigenvalue weighted by molar-refractivity contribution is -0.120. The highest BCUT2D eigenvalue weighted by atomic mass is 16.2. The molecular weight excluding hydrogens is 314 g/mol. The molecule has 0 radical (unpaired) electrons. The van der Waals surface area contributed by atoms with Crippen LogP contribution in [0.2, 0.25) is 0 Å². The molecule has 0 unspecified atom stereocenters. The highest BCUT2D eigenvalue weighted by Crippen LogP contribution is 2.22. The number of hydrogen-bond donors (Lipinski definition) is 2. The molecule has 2 amide bonds. The minimum Gasteiger partial charge on any atom is -0.369 e. The maximum atomic E-state index is 12.1. The predicted octanol–water partition coefficient (Wildman–Crippen LogP) is 2.06. The number of likely N-dealkylation sites (tertiary alicyclic amines) is 1. The van der Waals surface area contributed by atoms with Crippen molar-refractivity contribution in [1.82, 2.24) is 10.2 Å². The molecule has 1 heterocycles. The van der Waals surface area contributed by atoms with Crippen molar-refractivity contribution >= 4 is 17.9 Å². The highest BCUT2D eigenvalue weighted by Gasteiger charge is 2.20. The van der Waals surface area contributed by atoms with Crippen molar-refractivity contribution in [2.45, 2.75) is 45.1 Å². The summed E-state index contributed by atoms with van der Waals surface area (Å²) in [6.07, 6.45) is 5.10. The van der Waals surface area contributed by atoms with Crippen LogP contribution >= 0.6 is 0 Å². The lowest BCUT2D eigenvalue weighted by Gasteiger charge is -2.31. The number of nitrogens with zero attached hydrogens (tertiary/aromatic N) is 1. The fourth-order valence-corrected chi connectivity index (χ4v) is 2.97. The first-order valence-corrected chi connectivity index (χ1v) is 8.84. The number of carbonyl (C=O) groups is 2. The highest BCUT2D eigenvalue weighted by molar-refractivity contribution is 5.91. The Bertz CT molecular complexity index is 621. The zero-order chi connectivity index (χ0) is 18.4. The fourth-order valence-electron chi connectivity index (χ4n) is 2.97. The molecule has 1 aromatic rings. The third-order valence-corrected chi connectivity index (χ3v) is 4.52. The monoisotopic (exact) mass is 343 g/mol. The molecule has 1 saturated heterocycles. The average Bonchev–Trinajstić information content (AvgIpc) is 2.54. The van der Waals surface area contributed by atoms with Gasteiger partial charge in [0.2, 0.25) is 11.8 Å². The van der Waals surface area contributed by atoms with E-state index in [0.717, 1.165) is 31.5 Å². The summed E-state index contributed by atoms with van der Waals surface area (Å²) < 4.78 is 0. The molecule has 136 valence electrons. The van der Waals surface area contributed by atoms with E-state index in [1.807, 2.05) is 23.1 Å². The molecule has 0 aliphatic carbocycles. The molecule has 2 rings (SSSR count). The number of primary amides is 1. The molecule has 1 fully saturated rings. The first kappa shape index (κ1) is 19.2. The topological polar surface area (TPSA) is 75.4 Å². The smallest absolute Gasteiger partial charge is 0.244 e. The molecule has 0 aromatic heterocycles. The van der Waals surface area contributed by atoms with E-state index in [-0.39, 0.29) is 23.3 Å². The van der Waals surface area contributed by atoms with E-state index in [1.165, 1.54) is 5.56 Å². The largest absolute Gasteiger partial charge is 0.369 e. The quantitative estimate of drug-likeness (QED) is 0.804. The van der Waals surface area contributed by atoms with Gasteiger partial charge < -0.3 is 11.1 Å². The van der Waals surface area contributed by atoms with Crippen LogP contribution in [0.4, 0.5) is 0 Å². The van der Waals surface area contributed by atoms with Crippen molar-refractivity contribution in [1.29, 1.82) is 0 Å². The Hall–Kier alpha value is -2.14. The summed E-state index contributed by atoms with van der Waals surface area (Å²) in [5.41, 5.74) is 7.62. The number of benzene rings is 1. The van der Waals surface area contributed by atoms with Crippen LogP contribution in [0.25, 0.3) is 6.08 Å². The standard InChI is InChI=1S/C20H29N3O2/c1-20(2,3)16-7-4-15(5-8-16)6-9-19(25)22-17-10-12-23(13-11-17)14-18(21)24/h4-9,17H,10-14H2,1-3H3,(H2,21,24)(H,22,25). The summed E-state index contributed by atoms with van der Waals surface area (Å²) >= 11 is 0. The third kappa shape index (κ3) is 6.35. The lowest BCUT2D eigenvalue weighted by Crippen LogP contribution is -2.46. The van der Waals surface area contributed by atoms with E-state index < -0.39 is 0 Å². The molecule has 0 spiro atoms. The van der Waals surface area contributed by atoms with E-state index in [0.29, 0.717) is 6.54 Å². The van der Waals surface area contributed by atoms with Gasteiger partial charge in [0.15, 0.2) is 0 Å². The van der Waals surface area contributed by atoms with E-state index in [9.17, 15) is 9.59 Å². The predicted molar refractivity (Wildman–Crippen MR) is 101 cm³/mol. The molecule has 3 N–H and O–H groups in total. The molecule has 1 aliphatic heterocycles. The summed E-state index contributed by atoms with van der Waals surface area (Å²) in [6, 6.07) is 8.43. The fraction of sp³-hybridized carbons (Fsp3) is 0.500. The Balaban J connectivity index is 1.80. The summed E-state index contributed by atoms with van der Waals surface area (Å²) in [6.45, 7) is 8.41. The zero-order valence-corrected chi connectivity index (χ0v) is 15.4. The SMILES string of the molecule is CC(C)(C)c1ccc(C=CC(=O)NC2CCN(CC(N)=O)CC2)cc1. The maximum Gasteiger partial charge on any atom is 0.244 e. The van der Waals surface area contributed by atoms with Gasteiger partial charge in [-0.05, 0) is 35.5 Å². The van der Waals surface area contributed by atoms with Crippen molar-refractivity contribution in [3.8, 4) is 0 Å². The maximum absolute atomic E-state index is 12.1. The molecule has 5 heteroatoms. The van der Waals surface area contributed by atoms with E-state index in [2.05, 4.69) is 38.2 Å². The zero-order valence-electron chi connectivity index (χ0n) is 15.4. The lowest BCUT2D eigenvalue weighted by atomic mass is 9.87. The van der Waals surface area contributed by atoms with Crippen LogP contribution in [-0.2, 0) is 15.0 Å². The molecular formula is C20H29N3O2. The van der Waals surface area contributed by atoms with Crippen LogP contribution in [0.3, 0.4) is 0 Å². The molecule has 5 nitrogen and oxygen atoms in total. The van der Waals surface area contributed by atoms with E-state index in [4.69, 9.17) is 5.73 Å². The number of rotatable bonds is 5. The van der Waals surface area contributed by atoms with Crippen LogP contribution in [0, 0.1) is 0 Å². The van der Waals surface area contributed by atoms with Gasteiger partial charge in [-0.15, -0.1) is 0 Å². The number of hydrogen-bond acceptors (Lipinski definition) is 3. The third-order valence-electron chi connectivity index (χ3n) is 4.52. The summed E-state index contributed by atoms with van der Waals surface area (Å²) in [5, 5.41) is 3.03. The van der Waals surface area contributed by atoms with E-state index in [1.54, 1.807) is 6.08 Å². The molecule has 0 atom stereocenters. The van der Waals surface area contributed by atoms with Crippen LogP contribution in [0.15, 0.2) is 30.3 Å². The van der Waals surface area contributed by atoms with Crippen LogP contribution < -0.4 is 11.1 Å². The minimum absolute atomic E-state index is 0.0757. The first-order valence-electron chi connectivity index (χ1n) is 8.84. The van der Waals surface area contributed by atoms with Crippen LogP contribution in [0.5, 0.6) is 0 Å². The van der Waals surface area contributed by atoms with Crippen molar-refractivity contribution in [3.05, 3.63) is 41.5 Å². The van der Waals surface area contributed by atoms with E-state index >= 15 is 0 Å². The Labute approximate surface area is 150 Å². The summed E-state index contributed by atoms with van der Waals surface area (Å²) in [5.74, 6) is -0.379. The van der Waals surface area contributed by atoms with Gasteiger partial charge in [-0.1, -0.05) is 45.0 Å². The average molecular weight is 343 g/mol. The van der Waals surface area contributed by atoms with Crippen LogP contribution in [-0.4, -0.2) is 42.4 Å². The van der Waals surface area contributed by atoms with Gasteiger partial charge in [-0.3, -0.25) is 14.5 Å². The van der Waals surface area contributed by atoms with Crippen LogP contribution in [0.1, 0.15) is 44.7 Å². The molecule has 25 heavy (non-hydrogen) atoms.